The molecule has 0 bridgehead atoms. The van der Waals surface area contributed by atoms with Gasteiger partial charge in [0.25, 0.3) is 0 Å². The first-order valence-electron chi connectivity index (χ1n) is 9.88. The van der Waals surface area contributed by atoms with Crippen LogP contribution >= 0.6 is 15.9 Å². The van der Waals surface area contributed by atoms with E-state index in [2.05, 4.69) is 27.3 Å². The second kappa shape index (κ2) is 9.57. The van der Waals surface area contributed by atoms with Gasteiger partial charge in [0.2, 0.25) is 11.8 Å². The number of carbonyl (C=O) groups is 2. The summed E-state index contributed by atoms with van der Waals surface area (Å²) in [5.41, 5.74) is 3.84. The Morgan fingerprint density at radius 1 is 1.03 bits per heavy atom. The van der Waals surface area contributed by atoms with E-state index in [0.717, 1.165) is 26.7 Å². The summed E-state index contributed by atoms with van der Waals surface area (Å²) in [6, 6.07) is 13.4. The third-order valence-electron chi connectivity index (χ3n) is 4.54. The molecule has 5 heteroatoms. The van der Waals surface area contributed by atoms with E-state index in [1.54, 1.807) is 11.8 Å². The standard InChI is InChI=1S/C24H31BrN2O2/c1-16-10-17(2)12-20(11-16)14-22(28)27(15-19-8-7-9-21(25)13-19)18(3)23(29)26-24(4,5)6/h7-13,18H,14-15H2,1-6H3,(H,26,29)/t18-/m1/s1. The van der Waals surface area contributed by atoms with E-state index in [-0.39, 0.29) is 23.8 Å². The quantitative estimate of drug-likeness (QED) is 0.665. The number of amides is 2. The van der Waals surface area contributed by atoms with Crippen LogP contribution in [0.2, 0.25) is 0 Å². The topological polar surface area (TPSA) is 49.4 Å². The molecule has 2 rings (SSSR count). The van der Waals surface area contributed by atoms with Crippen LogP contribution < -0.4 is 5.32 Å². The molecule has 0 unspecified atom stereocenters. The Hall–Kier alpha value is -2.14. The van der Waals surface area contributed by atoms with Gasteiger partial charge in [0.15, 0.2) is 0 Å². The highest BCUT2D eigenvalue weighted by Gasteiger charge is 2.28. The van der Waals surface area contributed by atoms with Gasteiger partial charge < -0.3 is 10.2 Å². The molecule has 2 aromatic carbocycles. The third kappa shape index (κ3) is 7.32. The summed E-state index contributed by atoms with van der Waals surface area (Å²) in [7, 11) is 0. The Labute approximate surface area is 182 Å². The maximum atomic E-state index is 13.3. The summed E-state index contributed by atoms with van der Waals surface area (Å²) in [6.07, 6.45) is 0.268. The number of nitrogens with one attached hydrogen (secondary N) is 1. The number of rotatable bonds is 6. The van der Waals surface area contributed by atoms with E-state index in [0.29, 0.717) is 6.54 Å². The molecule has 0 aliphatic rings. The zero-order chi connectivity index (χ0) is 21.8. The van der Waals surface area contributed by atoms with Crippen molar-refractivity contribution in [1.29, 1.82) is 0 Å². The van der Waals surface area contributed by atoms with Crippen LogP contribution in [-0.2, 0) is 22.6 Å². The minimum Gasteiger partial charge on any atom is -0.350 e. The van der Waals surface area contributed by atoms with Crippen LogP contribution in [0.25, 0.3) is 0 Å². The molecule has 4 nitrogen and oxygen atoms in total. The number of nitrogens with zero attached hydrogens (tertiary/aromatic N) is 1. The molecule has 0 fully saturated rings. The fourth-order valence-corrected chi connectivity index (χ4v) is 3.78. The molecule has 0 aliphatic heterocycles. The number of hydrogen-bond donors (Lipinski definition) is 1. The first-order chi connectivity index (χ1) is 13.4. The Bertz CT molecular complexity index is 866. The summed E-state index contributed by atoms with van der Waals surface area (Å²) in [6.45, 7) is 12.0. The van der Waals surface area contributed by atoms with Gasteiger partial charge in [-0.05, 0) is 64.8 Å². The predicted molar refractivity (Wildman–Crippen MR) is 122 cm³/mol. The molecular formula is C24H31BrN2O2. The molecule has 0 saturated heterocycles. The molecular weight excluding hydrogens is 428 g/mol. The molecule has 0 spiro atoms. The zero-order valence-corrected chi connectivity index (χ0v) is 19.8. The lowest BCUT2D eigenvalue weighted by Gasteiger charge is -2.31. The van der Waals surface area contributed by atoms with E-state index in [1.165, 1.54) is 0 Å². The van der Waals surface area contributed by atoms with Gasteiger partial charge in [-0.25, -0.2) is 0 Å². The SMILES string of the molecule is Cc1cc(C)cc(CC(=O)N(Cc2cccc(Br)c2)[C@H](C)C(=O)NC(C)(C)C)c1. The fourth-order valence-electron chi connectivity index (χ4n) is 3.34. The van der Waals surface area contributed by atoms with E-state index < -0.39 is 6.04 Å². The largest absolute Gasteiger partial charge is 0.350 e. The first-order valence-corrected chi connectivity index (χ1v) is 10.7. The lowest BCUT2D eigenvalue weighted by molar-refractivity contribution is -0.140. The summed E-state index contributed by atoms with van der Waals surface area (Å²) in [5, 5.41) is 2.99. The van der Waals surface area contributed by atoms with Crippen molar-refractivity contribution in [3.05, 3.63) is 69.2 Å². The highest BCUT2D eigenvalue weighted by molar-refractivity contribution is 9.10. The molecule has 0 saturated carbocycles. The molecule has 2 amide bonds. The third-order valence-corrected chi connectivity index (χ3v) is 5.04. The summed E-state index contributed by atoms with van der Waals surface area (Å²) in [5.74, 6) is -0.215. The number of benzene rings is 2. The van der Waals surface area contributed by atoms with Crippen LogP contribution in [0.4, 0.5) is 0 Å². The number of halogens is 1. The molecule has 1 atom stereocenters. The average molecular weight is 459 g/mol. The van der Waals surface area contributed by atoms with Crippen molar-refractivity contribution in [2.24, 2.45) is 0 Å². The Morgan fingerprint density at radius 3 is 2.21 bits per heavy atom. The zero-order valence-electron chi connectivity index (χ0n) is 18.2. The van der Waals surface area contributed by atoms with Crippen molar-refractivity contribution in [3.8, 4) is 0 Å². The molecule has 29 heavy (non-hydrogen) atoms. The second-order valence-corrected chi connectivity index (χ2v) is 9.66. The average Bonchev–Trinajstić information content (AvgIpc) is 2.56. The lowest BCUT2D eigenvalue weighted by atomic mass is 10.0. The number of hydrogen-bond acceptors (Lipinski definition) is 2. The smallest absolute Gasteiger partial charge is 0.242 e. The minimum absolute atomic E-state index is 0.0634. The van der Waals surface area contributed by atoms with E-state index in [1.807, 2.05) is 71.0 Å². The van der Waals surface area contributed by atoms with Gasteiger partial charge in [0.1, 0.15) is 6.04 Å². The molecule has 1 N–H and O–H groups in total. The number of carbonyl (C=O) groups excluding carboxylic acids is 2. The van der Waals surface area contributed by atoms with Gasteiger partial charge in [-0.1, -0.05) is 57.4 Å². The van der Waals surface area contributed by atoms with Crippen LogP contribution in [0.5, 0.6) is 0 Å². The van der Waals surface area contributed by atoms with Gasteiger partial charge in [-0.3, -0.25) is 9.59 Å². The monoisotopic (exact) mass is 458 g/mol. The van der Waals surface area contributed by atoms with Crippen LogP contribution in [0.15, 0.2) is 46.9 Å². The van der Waals surface area contributed by atoms with Crippen molar-refractivity contribution in [2.75, 3.05) is 0 Å². The van der Waals surface area contributed by atoms with Crippen LogP contribution in [-0.4, -0.2) is 28.3 Å². The van der Waals surface area contributed by atoms with E-state index in [9.17, 15) is 9.59 Å². The van der Waals surface area contributed by atoms with E-state index >= 15 is 0 Å². The van der Waals surface area contributed by atoms with Gasteiger partial charge in [0.05, 0.1) is 6.42 Å². The molecule has 2 aromatic rings. The van der Waals surface area contributed by atoms with Crippen LogP contribution in [0, 0.1) is 13.8 Å². The minimum atomic E-state index is -0.577. The lowest BCUT2D eigenvalue weighted by Crippen LogP contribution is -2.52. The highest BCUT2D eigenvalue weighted by Crippen LogP contribution is 2.18. The molecule has 156 valence electrons. The van der Waals surface area contributed by atoms with Gasteiger partial charge in [0, 0.05) is 16.6 Å². The molecule has 0 aliphatic carbocycles. The number of aryl methyl sites for hydroxylation is 2. The Morgan fingerprint density at radius 2 is 1.66 bits per heavy atom. The molecule has 0 heterocycles. The van der Waals surface area contributed by atoms with Crippen molar-refractivity contribution in [1.82, 2.24) is 10.2 Å². The van der Waals surface area contributed by atoms with Crippen LogP contribution in [0.3, 0.4) is 0 Å². The Kier molecular flexibility index (Phi) is 7.64. The molecule has 0 aromatic heterocycles. The second-order valence-electron chi connectivity index (χ2n) is 8.74. The van der Waals surface area contributed by atoms with Crippen molar-refractivity contribution in [3.63, 3.8) is 0 Å². The van der Waals surface area contributed by atoms with Gasteiger partial charge in [-0.15, -0.1) is 0 Å². The van der Waals surface area contributed by atoms with Gasteiger partial charge in [-0.2, -0.15) is 0 Å². The van der Waals surface area contributed by atoms with Gasteiger partial charge >= 0.3 is 0 Å². The van der Waals surface area contributed by atoms with Crippen LogP contribution in [0.1, 0.15) is 49.9 Å². The van der Waals surface area contributed by atoms with Crippen molar-refractivity contribution >= 4 is 27.7 Å². The van der Waals surface area contributed by atoms with Crippen molar-refractivity contribution in [2.45, 2.75) is 66.1 Å². The fraction of sp³-hybridized carbons (Fsp3) is 0.417. The molecule has 0 radical (unpaired) electrons. The highest BCUT2D eigenvalue weighted by atomic mass is 79.9. The summed E-state index contributed by atoms with van der Waals surface area (Å²) < 4.78 is 0.948. The maximum absolute atomic E-state index is 13.3. The summed E-state index contributed by atoms with van der Waals surface area (Å²) >= 11 is 3.48. The Balaban J connectivity index is 2.29. The van der Waals surface area contributed by atoms with E-state index in [4.69, 9.17) is 0 Å². The normalized spacial score (nSPS) is 12.4. The maximum Gasteiger partial charge on any atom is 0.242 e. The summed E-state index contributed by atoms with van der Waals surface area (Å²) in [4.78, 5) is 27.7. The predicted octanol–water partition coefficient (Wildman–Crippen LogP) is 4.94. The van der Waals surface area contributed by atoms with Crippen molar-refractivity contribution < 1.29 is 9.59 Å². The first kappa shape index (κ1) is 23.1.